The van der Waals surface area contributed by atoms with Crippen LogP contribution >= 0.6 is 0 Å². The monoisotopic (exact) mass is 276 g/mol. The Bertz CT molecular complexity index is 440. The summed E-state index contributed by atoms with van der Waals surface area (Å²) in [6.07, 6.45) is 4.58. The molecule has 1 aliphatic carbocycles. The van der Waals surface area contributed by atoms with Crippen LogP contribution in [0.2, 0.25) is 0 Å². The highest BCUT2D eigenvalue weighted by atomic mass is 16.5. The van der Waals surface area contributed by atoms with Crippen LogP contribution in [0, 0.1) is 5.92 Å². The summed E-state index contributed by atoms with van der Waals surface area (Å²) >= 11 is 0. The van der Waals surface area contributed by atoms with E-state index in [4.69, 9.17) is 4.74 Å². The Morgan fingerprint density at radius 1 is 1.30 bits per heavy atom. The molecule has 2 rings (SSSR count). The Labute approximate surface area is 120 Å². The Morgan fingerprint density at radius 2 is 2.00 bits per heavy atom. The van der Waals surface area contributed by atoms with E-state index in [1.165, 1.54) is 12.8 Å². The second-order valence-electron chi connectivity index (χ2n) is 5.78. The number of urea groups is 1. The third-order valence-corrected chi connectivity index (χ3v) is 3.40. The van der Waals surface area contributed by atoms with Gasteiger partial charge in [0.15, 0.2) is 0 Å². The molecule has 1 fully saturated rings. The molecule has 0 unspecified atom stereocenters. The van der Waals surface area contributed by atoms with Gasteiger partial charge >= 0.3 is 6.03 Å². The number of nitrogens with one attached hydrogen (secondary N) is 2. The number of amides is 2. The second kappa shape index (κ2) is 7.17. The topological polar surface area (TPSA) is 50.4 Å². The standard InChI is InChI=1S/C16H24N2O2/c1-12(2)11-20-15-10-6-5-9-14(15)18-16(19)17-13-7-3-4-8-13/h5-6,9-10,12-13H,3-4,7-8,11H2,1-2H3,(H2,17,18,19). The minimum absolute atomic E-state index is 0.141. The number of carbonyl (C=O) groups excluding carboxylic acids is 1. The summed E-state index contributed by atoms with van der Waals surface area (Å²) in [7, 11) is 0. The second-order valence-corrected chi connectivity index (χ2v) is 5.78. The number of rotatable bonds is 5. The van der Waals surface area contributed by atoms with Crippen LogP contribution in [0.5, 0.6) is 5.75 Å². The SMILES string of the molecule is CC(C)COc1ccccc1NC(=O)NC1CCCC1. The summed E-state index contributed by atoms with van der Waals surface area (Å²) in [6, 6.07) is 7.73. The molecule has 0 bridgehead atoms. The smallest absolute Gasteiger partial charge is 0.319 e. The largest absolute Gasteiger partial charge is 0.491 e. The van der Waals surface area contributed by atoms with Crippen LogP contribution in [-0.2, 0) is 0 Å². The molecule has 4 nitrogen and oxygen atoms in total. The molecule has 110 valence electrons. The molecular weight excluding hydrogens is 252 g/mol. The van der Waals surface area contributed by atoms with Crippen molar-refractivity contribution in [3.8, 4) is 5.75 Å². The van der Waals surface area contributed by atoms with Crippen molar-refractivity contribution in [2.75, 3.05) is 11.9 Å². The van der Waals surface area contributed by atoms with Gasteiger partial charge in [-0.1, -0.05) is 38.8 Å². The van der Waals surface area contributed by atoms with Gasteiger partial charge in [0.1, 0.15) is 5.75 Å². The first kappa shape index (κ1) is 14.7. The van der Waals surface area contributed by atoms with E-state index in [9.17, 15) is 4.79 Å². The van der Waals surface area contributed by atoms with Gasteiger partial charge in [0.25, 0.3) is 0 Å². The molecule has 0 aromatic heterocycles. The number of para-hydroxylation sites is 2. The molecule has 0 radical (unpaired) electrons. The van der Waals surface area contributed by atoms with Crippen molar-refractivity contribution < 1.29 is 9.53 Å². The molecule has 4 heteroatoms. The lowest BCUT2D eigenvalue weighted by Gasteiger charge is -2.16. The molecule has 0 saturated heterocycles. The number of hydrogen-bond donors (Lipinski definition) is 2. The highest BCUT2D eigenvalue weighted by Gasteiger charge is 2.17. The third kappa shape index (κ3) is 4.44. The summed E-state index contributed by atoms with van der Waals surface area (Å²) in [5, 5.41) is 5.90. The van der Waals surface area contributed by atoms with Crippen molar-refractivity contribution in [3.63, 3.8) is 0 Å². The van der Waals surface area contributed by atoms with E-state index in [2.05, 4.69) is 24.5 Å². The molecule has 0 atom stereocenters. The fourth-order valence-corrected chi connectivity index (χ4v) is 2.37. The summed E-state index contributed by atoms with van der Waals surface area (Å²) in [5.74, 6) is 1.18. The van der Waals surface area contributed by atoms with Crippen LogP contribution in [0.4, 0.5) is 10.5 Å². The van der Waals surface area contributed by atoms with E-state index in [0.717, 1.165) is 24.3 Å². The number of carbonyl (C=O) groups is 1. The average molecular weight is 276 g/mol. The lowest BCUT2D eigenvalue weighted by Crippen LogP contribution is -2.36. The van der Waals surface area contributed by atoms with Gasteiger partial charge in [-0.2, -0.15) is 0 Å². The Hall–Kier alpha value is -1.71. The van der Waals surface area contributed by atoms with Crippen molar-refractivity contribution in [3.05, 3.63) is 24.3 Å². The third-order valence-electron chi connectivity index (χ3n) is 3.40. The first-order valence-electron chi connectivity index (χ1n) is 7.44. The average Bonchev–Trinajstić information content (AvgIpc) is 2.90. The van der Waals surface area contributed by atoms with Gasteiger partial charge in [-0.25, -0.2) is 4.79 Å². The summed E-state index contributed by atoms with van der Waals surface area (Å²) in [6.45, 7) is 4.84. The zero-order chi connectivity index (χ0) is 14.4. The molecule has 0 aliphatic heterocycles. The first-order chi connectivity index (χ1) is 9.65. The Balaban J connectivity index is 1.91. The minimum Gasteiger partial charge on any atom is -0.491 e. The highest BCUT2D eigenvalue weighted by molar-refractivity contribution is 5.91. The number of anilines is 1. The van der Waals surface area contributed by atoms with Crippen LogP contribution in [0.3, 0.4) is 0 Å². The van der Waals surface area contributed by atoms with Crippen molar-refractivity contribution in [1.82, 2.24) is 5.32 Å². The van der Waals surface area contributed by atoms with Crippen molar-refractivity contribution in [2.24, 2.45) is 5.92 Å². The molecule has 2 amide bonds. The Kier molecular flexibility index (Phi) is 5.27. The van der Waals surface area contributed by atoms with Crippen LogP contribution < -0.4 is 15.4 Å². The fourth-order valence-electron chi connectivity index (χ4n) is 2.37. The zero-order valence-corrected chi connectivity index (χ0v) is 12.3. The normalized spacial score (nSPS) is 15.3. The van der Waals surface area contributed by atoms with Crippen molar-refractivity contribution in [1.29, 1.82) is 0 Å². The van der Waals surface area contributed by atoms with Crippen molar-refractivity contribution in [2.45, 2.75) is 45.6 Å². The molecule has 0 heterocycles. The first-order valence-corrected chi connectivity index (χ1v) is 7.44. The van der Waals surface area contributed by atoms with Gasteiger partial charge in [0.05, 0.1) is 12.3 Å². The highest BCUT2D eigenvalue weighted by Crippen LogP contribution is 2.24. The van der Waals surface area contributed by atoms with E-state index < -0.39 is 0 Å². The van der Waals surface area contributed by atoms with Crippen LogP contribution in [0.15, 0.2) is 24.3 Å². The minimum atomic E-state index is -0.141. The Morgan fingerprint density at radius 3 is 2.70 bits per heavy atom. The van der Waals surface area contributed by atoms with Gasteiger partial charge in [-0.05, 0) is 30.9 Å². The number of benzene rings is 1. The summed E-state index contributed by atoms with van der Waals surface area (Å²) in [4.78, 5) is 12.0. The van der Waals surface area contributed by atoms with E-state index in [0.29, 0.717) is 18.6 Å². The summed E-state index contributed by atoms with van der Waals surface area (Å²) in [5.41, 5.74) is 0.726. The summed E-state index contributed by atoms with van der Waals surface area (Å²) < 4.78 is 5.73. The van der Waals surface area contributed by atoms with Crippen LogP contribution in [0.1, 0.15) is 39.5 Å². The van der Waals surface area contributed by atoms with Crippen molar-refractivity contribution >= 4 is 11.7 Å². The van der Waals surface area contributed by atoms with Gasteiger partial charge in [0.2, 0.25) is 0 Å². The van der Waals surface area contributed by atoms with E-state index in [1.54, 1.807) is 0 Å². The molecule has 1 saturated carbocycles. The zero-order valence-electron chi connectivity index (χ0n) is 12.3. The molecule has 2 N–H and O–H groups in total. The molecule has 1 aromatic carbocycles. The molecule has 20 heavy (non-hydrogen) atoms. The molecule has 0 spiro atoms. The molecule has 1 aliphatic rings. The van der Waals surface area contributed by atoms with E-state index >= 15 is 0 Å². The lowest BCUT2D eigenvalue weighted by atomic mass is 10.2. The van der Waals surface area contributed by atoms with Crippen LogP contribution in [-0.4, -0.2) is 18.7 Å². The van der Waals surface area contributed by atoms with E-state index in [-0.39, 0.29) is 6.03 Å². The predicted octanol–water partition coefficient (Wildman–Crippen LogP) is 3.79. The van der Waals surface area contributed by atoms with Gasteiger partial charge in [0, 0.05) is 6.04 Å². The maximum absolute atomic E-state index is 12.0. The van der Waals surface area contributed by atoms with Gasteiger partial charge in [-0.3, -0.25) is 0 Å². The molecular formula is C16H24N2O2. The van der Waals surface area contributed by atoms with Crippen LogP contribution in [0.25, 0.3) is 0 Å². The maximum Gasteiger partial charge on any atom is 0.319 e. The number of ether oxygens (including phenoxy) is 1. The molecule has 1 aromatic rings. The lowest BCUT2D eigenvalue weighted by molar-refractivity contribution is 0.248. The van der Waals surface area contributed by atoms with E-state index in [1.807, 2.05) is 24.3 Å². The number of hydrogen-bond acceptors (Lipinski definition) is 2. The van der Waals surface area contributed by atoms with Gasteiger partial charge < -0.3 is 15.4 Å². The van der Waals surface area contributed by atoms with Gasteiger partial charge in [-0.15, -0.1) is 0 Å². The quantitative estimate of drug-likeness (QED) is 0.859. The predicted molar refractivity (Wildman–Crippen MR) is 81.2 cm³/mol. The maximum atomic E-state index is 12.0. The fraction of sp³-hybridized carbons (Fsp3) is 0.562.